The second-order valence-electron chi connectivity index (χ2n) is 3.76. The maximum Gasteiger partial charge on any atom is 0.339 e. The topological polar surface area (TPSA) is 61.5 Å². The molecule has 1 aliphatic rings. The van der Waals surface area contributed by atoms with Crippen molar-refractivity contribution in [3.05, 3.63) is 29.3 Å². The van der Waals surface area contributed by atoms with Gasteiger partial charge < -0.3 is 15.2 Å². The third-order valence-corrected chi connectivity index (χ3v) is 2.64. The van der Waals surface area contributed by atoms with E-state index in [1.165, 1.54) is 7.11 Å². The van der Waals surface area contributed by atoms with Crippen LogP contribution in [0.1, 0.15) is 15.9 Å². The number of esters is 1. The summed E-state index contributed by atoms with van der Waals surface area (Å²) in [6.07, 6.45) is 0. The van der Waals surface area contributed by atoms with Crippen molar-refractivity contribution < 1.29 is 18.7 Å². The SMILES string of the molecule is COCC1(CF)OC(=O)c2ccc(N)cc21. The number of anilines is 1. The first-order valence-corrected chi connectivity index (χ1v) is 4.81. The molecule has 0 fully saturated rings. The van der Waals surface area contributed by atoms with E-state index in [9.17, 15) is 9.18 Å². The molecule has 0 amide bonds. The Bertz CT molecular complexity index is 435. The average molecular weight is 225 g/mol. The van der Waals surface area contributed by atoms with Crippen LogP contribution in [0, 0.1) is 0 Å². The van der Waals surface area contributed by atoms with Gasteiger partial charge in [0.25, 0.3) is 0 Å². The van der Waals surface area contributed by atoms with Gasteiger partial charge in [0.15, 0.2) is 5.60 Å². The molecule has 0 aromatic heterocycles. The van der Waals surface area contributed by atoms with Crippen molar-refractivity contribution >= 4 is 11.7 Å². The lowest BCUT2D eigenvalue weighted by Gasteiger charge is -2.24. The third kappa shape index (κ3) is 1.44. The van der Waals surface area contributed by atoms with Crippen molar-refractivity contribution in [2.24, 2.45) is 0 Å². The largest absolute Gasteiger partial charge is 0.445 e. The highest BCUT2D eigenvalue weighted by molar-refractivity contribution is 5.95. The standard InChI is InChI=1S/C11H12FNO3/c1-15-6-11(5-12)9-4-7(13)2-3-8(9)10(14)16-11/h2-4H,5-6,13H2,1H3. The van der Waals surface area contributed by atoms with Crippen LogP contribution in [0.25, 0.3) is 0 Å². The minimum Gasteiger partial charge on any atom is -0.445 e. The predicted octanol–water partition coefficient (Wildman–Crippen LogP) is 1.25. The number of ether oxygens (including phenoxy) is 2. The lowest BCUT2D eigenvalue weighted by atomic mass is 9.93. The molecule has 16 heavy (non-hydrogen) atoms. The first-order chi connectivity index (χ1) is 7.63. The average Bonchev–Trinajstić information content (AvgIpc) is 2.53. The van der Waals surface area contributed by atoms with E-state index in [1.807, 2.05) is 0 Å². The van der Waals surface area contributed by atoms with Gasteiger partial charge in [-0.15, -0.1) is 0 Å². The summed E-state index contributed by atoms with van der Waals surface area (Å²) in [5, 5.41) is 0. The van der Waals surface area contributed by atoms with E-state index in [-0.39, 0.29) is 6.61 Å². The number of methoxy groups -OCH3 is 1. The predicted molar refractivity (Wildman–Crippen MR) is 55.8 cm³/mol. The molecule has 4 nitrogen and oxygen atoms in total. The number of hydrogen-bond acceptors (Lipinski definition) is 4. The Morgan fingerprint density at radius 1 is 1.56 bits per heavy atom. The molecule has 1 atom stereocenters. The summed E-state index contributed by atoms with van der Waals surface area (Å²) >= 11 is 0. The second-order valence-corrected chi connectivity index (χ2v) is 3.76. The molecule has 0 spiro atoms. The molecule has 0 bridgehead atoms. The second kappa shape index (κ2) is 3.75. The number of nitrogens with two attached hydrogens (primary N) is 1. The highest BCUT2D eigenvalue weighted by Crippen LogP contribution is 2.38. The first kappa shape index (κ1) is 10.9. The fraction of sp³-hybridized carbons (Fsp3) is 0.364. The van der Waals surface area contributed by atoms with Crippen LogP contribution in [0.4, 0.5) is 10.1 Å². The lowest BCUT2D eigenvalue weighted by molar-refractivity contribution is -0.0615. The van der Waals surface area contributed by atoms with Crippen molar-refractivity contribution in [3.63, 3.8) is 0 Å². The van der Waals surface area contributed by atoms with Gasteiger partial charge in [-0.1, -0.05) is 0 Å². The van der Waals surface area contributed by atoms with Crippen molar-refractivity contribution in [1.29, 1.82) is 0 Å². The summed E-state index contributed by atoms with van der Waals surface area (Å²) < 4.78 is 23.1. The van der Waals surface area contributed by atoms with E-state index in [4.69, 9.17) is 15.2 Å². The van der Waals surface area contributed by atoms with Crippen molar-refractivity contribution in [2.75, 3.05) is 26.1 Å². The number of halogens is 1. The van der Waals surface area contributed by atoms with Crippen molar-refractivity contribution in [1.82, 2.24) is 0 Å². The van der Waals surface area contributed by atoms with Gasteiger partial charge in [-0.25, -0.2) is 9.18 Å². The molecule has 2 N–H and O–H groups in total. The Labute approximate surface area is 92.1 Å². The number of rotatable bonds is 3. The Morgan fingerprint density at radius 3 is 2.94 bits per heavy atom. The van der Waals surface area contributed by atoms with Gasteiger partial charge >= 0.3 is 5.97 Å². The van der Waals surface area contributed by atoms with Crippen LogP contribution >= 0.6 is 0 Å². The highest BCUT2D eigenvalue weighted by Gasteiger charge is 2.46. The van der Waals surface area contributed by atoms with Crippen LogP contribution in [0.5, 0.6) is 0 Å². The molecule has 1 heterocycles. The molecule has 2 rings (SSSR count). The molecule has 1 aromatic carbocycles. The zero-order valence-corrected chi connectivity index (χ0v) is 8.83. The van der Waals surface area contributed by atoms with Gasteiger partial charge in [0, 0.05) is 18.4 Å². The van der Waals surface area contributed by atoms with Gasteiger partial charge in [-0.2, -0.15) is 0 Å². The van der Waals surface area contributed by atoms with E-state index in [0.717, 1.165) is 0 Å². The fourth-order valence-electron chi connectivity index (χ4n) is 1.88. The van der Waals surface area contributed by atoms with E-state index in [2.05, 4.69) is 0 Å². The minimum absolute atomic E-state index is 0.0221. The van der Waals surface area contributed by atoms with Crippen LogP contribution in [-0.2, 0) is 15.1 Å². The maximum absolute atomic E-state index is 13.1. The van der Waals surface area contributed by atoms with Crippen LogP contribution in [0.3, 0.4) is 0 Å². The summed E-state index contributed by atoms with van der Waals surface area (Å²) in [7, 11) is 1.43. The van der Waals surface area contributed by atoms with Gasteiger partial charge in [0.2, 0.25) is 0 Å². The quantitative estimate of drug-likeness (QED) is 0.621. The molecule has 86 valence electrons. The van der Waals surface area contributed by atoms with Crippen molar-refractivity contribution in [2.45, 2.75) is 5.60 Å². The third-order valence-electron chi connectivity index (χ3n) is 2.64. The van der Waals surface area contributed by atoms with E-state index >= 15 is 0 Å². The number of carbonyl (C=O) groups excluding carboxylic acids is 1. The molecule has 0 aliphatic carbocycles. The Balaban J connectivity index is 2.54. The number of carbonyl (C=O) groups is 1. The molecular formula is C11H12FNO3. The molecule has 1 unspecified atom stereocenters. The lowest BCUT2D eigenvalue weighted by Crippen LogP contribution is -2.34. The van der Waals surface area contributed by atoms with Crippen LogP contribution in [0.15, 0.2) is 18.2 Å². The van der Waals surface area contributed by atoms with Gasteiger partial charge in [-0.3, -0.25) is 0 Å². The summed E-state index contributed by atoms with van der Waals surface area (Å²) in [6, 6.07) is 4.68. The molecule has 0 saturated heterocycles. The Kier molecular flexibility index (Phi) is 2.55. The zero-order chi connectivity index (χ0) is 11.8. The molecule has 0 radical (unpaired) electrons. The maximum atomic E-state index is 13.1. The smallest absolute Gasteiger partial charge is 0.339 e. The van der Waals surface area contributed by atoms with E-state index < -0.39 is 18.2 Å². The normalized spacial score (nSPS) is 23.0. The summed E-state index contributed by atoms with van der Waals surface area (Å²) in [5.41, 5.74) is 5.56. The zero-order valence-electron chi connectivity index (χ0n) is 8.83. The van der Waals surface area contributed by atoms with Gasteiger partial charge in [0.1, 0.15) is 6.67 Å². The molecule has 0 saturated carbocycles. The van der Waals surface area contributed by atoms with E-state index in [0.29, 0.717) is 16.8 Å². The molecule has 1 aromatic rings. The highest BCUT2D eigenvalue weighted by atomic mass is 19.1. The minimum atomic E-state index is -1.34. The molecular weight excluding hydrogens is 213 g/mol. The summed E-state index contributed by atoms with van der Waals surface area (Å²) in [6.45, 7) is -0.852. The van der Waals surface area contributed by atoms with Crippen molar-refractivity contribution in [3.8, 4) is 0 Å². The number of cyclic esters (lactones) is 1. The Morgan fingerprint density at radius 2 is 2.31 bits per heavy atom. The van der Waals surface area contributed by atoms with Gasteiger partial charge in [-0.05, 0) is 18.2 Å². The summed E-state index contributed by atoms with van der Waals surface area (Å²) in [5.74, 6) is -0.537. The number of nitrogen functional groups attached to an aromatic ring is 1. The first-order valence-electron chi connectivity index (χ1n) is 4.81. The number of benzene rings is 1. The van der Waals surface area contributed by atoms with Crippen LogP contribution in [0.2, 0.25) is 0 Å². The summed E-state index contributed by atoms with van der Waals surface area (Å²) in [4.78, 5) is 11.5. The number of hydrogen-bond donors (Lipinski definition) is 1. The Hall–Kier alpha value is -1.62. The van der Waals surface area contributed by atoms with E-state index in [1.54, 1.807) is 18.2 Å². The number of alkyl halides is 1. The molecule has 5 heteroatoms. The molecule has 1 aliphatic heterocycles. The fourth-order valence-corrected chi connectivity index (χ4v) is 1.88. The van der Waals surface area contributed by atoms with Gasteiger partial charge in [0.05, 0.1) is 12.2 Å². The number of fused-ring (bicyclic) bond motifs is 1. The monoisotopic (exact) mass is 225 g/mol. The van der Waals surface area contributed by atoms with Crippen LogP contribution < -0.4 is 5.73 Å². The van der Waals surface area contributed by atoms with Crippen LogP contribution in [-0.4, -0.2) is 26.4 Å².